The number of benzene rings is 3. The van der Waals surface area contributed by atoms with Gasteiger partial charge < -0.3 is 14.8 Å². The lowest BCUT2D eigenvalue weighted by Gasteiger charge is -2.13. The Bertz CT molecular complexity index is 1450. The van der Waals surface area contributed by atoms with E-state index < -0.39 is 0 Å². The van der Waals surface area contributed by atoms with Crippen LogP contribution in [0.1, 0.15) is 17.0 Å². The smallest absolute Gasteiger partial charge is 0.198 e. The number of halogens is 1. The number of rotatable bonds is 8. The number of anilines is 1. The number of ether oxygens (including phenoxy) is 2. The zero-order chi connectivity index (χ0) is 24.2. The summed E-state index contributed by atoms with van der Waals surface area (Å²) in [6, 6.07) is 21.9. The zero-order valence-corrected chi connectivity index (χ0v) is 19.4. The van der Waals surface area contributed by atoms with E-state index in [2.05, 4.69) is 5.32 Å². The molecule has 2 heterocycles. The van der Waals surface area contributed by atoms with Crippen LogP contribution in [0.4, 0.5) is 10.2 Å². The number of nitrogens with zero attached hydrogens (tertiary/aromatic N) is 4. The fourth-order valence-electron chi connectivity index (χ4n) is 3.84. The van der Waals surface area contributed by atoms with Crippen molar-refractivity contribution < 1.29 is 13.9 Å². The van der Waals surface area contributed by atoms with Crippen LogP contribution >= 0.6 is 0 Å². The van der Waals surface area contributed by atoms with E-state index in [0.29, 0.717) is 47.4 Å². The van der Waals surface area contributed by atoms with Crippen LogP contribution in [-0.2, 0) is 13.0 Å². The van der Waals surface area contributed by atoms with Crippen molar-refractivity contribution in [2.24, 2.45) is 0 Å². The molecule has 0 atom stereocenters. The highest BCUT2D eigenvalue weighted by molar-refractivity contribution is 5.69. The Morgan fingerprint density at radius 1 is 0.914 bits per heavy atom. The molecule has 0 bridgehead atoms. The van der Waals surface area contributed by atoms with E-state index in [1.807, 2.05) is 54.7 Å². The second-order valence-electron chi connectivity index (χ2n) is 7.97. The monoisotopic (exact) mass is 469 g/mol. The first-order chi connectivity index (χ1) is 17.1. The Morgan fingerprint density at radius 3 is 2.46 bits per heavy atom. The predicted octanol–water partition coefficient (Wildman–Crippen LogP) is 5.15. The molecule has 0 radical (unpaired) electrons. The second-order valence-corrected chi connectivity index (χ2v) is 7.97. The topological polar surface area (TPSA) is 73.6 Å². The Labute approximate surface area is 202 Å². The van der Waals surface area contributed by atoms with Gasteiger partial charge in [0.05, 0.1) is 26.1 Å². The molecule has 35 heavy (non-hydrogen) atoms. The first kappa shape index (κ1) is 22.3. The molecule has 2 aromatic heterocycles. The minimum atomic E-state index is -0.300. The van der Waals surface area contributed by atoms with Gasteiger partial charge in [0.1, 0.15) is 17.3 Å². The molecule has 0 amide bonds. The van der Waals surface area contributed by atoms with Crippen molar-refractivity contribution in [1.82, 2.24) is 19.6 Å². The van der Waals surface area contributed by atoms with Crippen molar-refractivity contribution in [3.63, 3.8) is 0 Å². The number of nitrogens with one attached hydrogen (secondary N) is 1. The summed E-state index contributed by atoms with van der Waals surface area (Å²) in [6.45, 7) is 0.448. The lowest BCUT2D eigenvalue weighted by molar-refractivity contribution is 0.391. The Hall–Kier alpha value is -4.46. The molecular formula is C27H24FN5O2. The SMILES string of the molecule is COc1ccc(CNc2nc(-c3ccc(F)cc3)cn3nc(Cc4ccccc4)nc23)c(OC)c1. The quantitative estimate of drug-likeness (QED) is 0.339. The molecule has 176 valence electrons. The van der Waals surface area contributed by atoms with Crippen LogP contribution in [0.3, 0.4) is 0 Å². The van der Waals surface area contributed by atoms with Crippen LogP contribution in [0.25, 0.3) is 16.9 Å². The van der Waals surface area contributed by atoms with E-state index in [-0.39, 0.29) is 5.82 Å². The van der Waals surface area contributed by atoms with Crippen molar-refractivity contribution in [3.8, 4) is 22.8 Å². The second kappa shape index (κ2) is 9.80. The van der Waals surface area contributed by atoms with Crippen molar-refractivity contribution in [3.05, 3.63) is 102 Å². The van der Waals surface area contributed by atoms with Crippen LogP contribution in [-0.4, -0.2) is 33.8 Å². The third-order valence-corrected chi connectivity index (χ3v) is 5.65. The fraction of sp³-hybridized carbons (Fsp3) is 0.148. The van der Waals surface area contributed by atoms with Gasteiger partial charge in [-0.3, -0.25) is 0 Å². The number of fused-ring (bicyclic) bond motifs is 1. The first-order valence-corrected chi connectivity index (χ1v) is 11.1. The van der Waals surface area contributed by atoms with Gasteiger partial charge in [-0.05, 0) is 42.0 Å². The Morgan fingerprint density at radius 2 is 1.71 bits per heavy atom. The van der Waals surface area contributed by atoms with Crippen molar-refractivity contribution in [2.75, 3.05) is 19.5 Å². The third-order valence-electron chi connectivity index (χ3n) is 5.65. The van der Waals surface area contributed by atoms with E-state index in [1.165, 1.54) is 12.1 Å². The van der Waals surface area contributed by atoms with Gasteiger partial charge >= 0.3 is 0 Å². The molecule has 0 aliphatic heterocycles. The molecule has 0 saturated heterocycles. The Balaban J connectivity index is 1.52. The molecule has 1 N–H and O–H groups in total. The van der Waals surface area contributed by atoms with E-state index in [0.717, 1.165) is 16.7 Å². The maximum Gasteiger partial charge on any atom is 0.198 e. The van der Waals surface area contributed by atoms with Gasteiger partial charge in [0, 0.05) is 30.2 Å². The molecule has 3 aromatic carbocycles. The minimum absolute atomic E-state index is 0.300. The van der Waals surface area contributed by atoms with Crippen molar-refractivity contribution >= 4 is 11.5 Å². The molecule has 0 fully saturated rings. The van der Waals surface area contributed by atoms with Gasteiger partial charge in [-0.1, -0.05) is 30.3 Å². The van der Waals surface area contributed by atoms with Gasteiger partial charge in [0.2, 0.25) is 0 Å². The fourth-order valence-corrected chi connectivity index (χ4v) is 3.84. The highest BCUT2D eigenvalue weighted by atomic mass is 19.1. The summed E-state index contributed by atoms with van der Waals surface area (Å²) in [7, 11) is 3.24. The summed E-state index contributed by atoms with van der Waals surface area (Å²) in [6.07, 6.45) is 2.41. The summed E-state index contributed by atoms with van der Waals surface area (Å²) in [4.78, 5) is 9.56. The average Bonchev–Trinajstić information content (AvgIpc) is 3.30. The normalized spacial score (nSPS) is 10.9. The summed E-state index contributed by atoms with van der Waals surface area (Å²) in [5.41, 5.74) is 4.09. The van der Waals surface area contributed by atoms with Crippen molar-refractivity contribution in [2.45, 2.75) is 13.0 Å². The molecule has 7 nitrogen and oxygen atoms in total. The van der Waals surface area contributed by atoms with Gasteiger partial charge in [0.15, 0.2) is 17.3 Å². The van der Waals surface area contributed by atoms with Gasteiger partial charge in [-0.25, -0.2) is 18.9 Å². The molecule has 8 heteroatoms. The van der Waals surface area contributed by atoms with Gasteiger partial charge in [-0.15, -0.1) is 0 Å². The van der Waals surface area contributed by atoms with Crippen LogP contribution in [0.2, 0.25) is 0 Å². The summed E-state index contributed by atoms with van der Waals surface area (Å²) in [5.74, 6) is 2.36. The molecule has 0 saturated carbocycles. The molecule has 0 aliphatic carbocycles. The number of aromatic nitrogens is 4. The van der Waals surface area contributed by atoms with E-state index in [1.54, 1.807) is 30.9 Å². The van der Waals surface area contributed by atoms with Crippen LogP contribution in [0.5, 0.6) is 11.5 Å². The molecule has 5 aromatic rings. The lowest BCUT2D eigenvalue weighted by Crippen LogP contribution is -2.07. The average molecular weight is 470 g/mol. The molecule has 0 unspecified atom stereocenters. The van der Waals surface area contributed by atoms with Gasteiger partial charge in [0.25, 0.3) is 0 Å². The van der Waals surface area contributed by atoms with E-state index in [9.17, 15) is 4.39 Å². The number of methoxy groups -OCH3 is 2. The largest absolute Gasteiger partial charge is 0.497 e. The molecular weight excluding hydrogens is 445 g/mol. The summed E-state index contributed by atoms with van der Waals surface area (Å²) >= 11 is 0. The summed E-state index contributed by atoms with van der Waals surface area (Å²) < 4.78 is 26.0. The van der Waals surface area contributed by atoms with Crippen LogP contribution in [0.15, 0.2) is 79.0 Å². The van der Waals surface area contributed by atoms with Crippen LogP contribution in [0, 0.1) is 5.82 Å². The highest BCUT2D eigenvalue weighted by Gasteiger charge is 2.15. The maximum absolute atomic E-state index is 13.5. The zero-order valence-electron chi connectivity index (χ0n) is 19.4. The first-order valence-electron chi connectivity index (χ1n) is 11.1. The maximum atomic E-state index is 13.5. The van der Waals surface area contributed by atoms with Crippen LogP contribution < -0.4 is 14.8 Å². The molecule has 0 spiro atoms. The van der Waals surface area contributed by atoms with Crippen molar-refractivity contribution in [1.29, 1.82) is 0 Å². The standard InChI is InChI=1S/C27H24FN5O2/c1-34-22-13-10-20(24(15-22)35-2)16-29-26-27-31-25(14-18-6-4-3-5-7-18)32-33(27)17-23(30-26)19-8-11-21(28)12-9-19/h3-13,15,17H,14,16H2,1-2H3,(H,29,30). The third kappa shape index (κ3) is 4.91. The highest BCUT2D eigenvalue weighted by Crippen LogP contribution is 2.27. The number of hydrogen-bond donors (Lipinski definition) is 1. The molecule has 5 rings (SSSR count). The molecule has 0 aliphatic rings. The predicted molar refractivity (Wildman–Crippen MR) is 132 cm³/mol. The Kier molecular flexibility index (Phi) is 6.26. The number of hydrogen-bond acceptors (Lipinski definition) is 6. The van der Waals surface area contributed by atoms with E-state index >= 15 is 0 Å². The summed E-state index contributed by atoms with van der Waals surface area (Å²) in [5, 5.41) is 8.08. The van der Waals surface area contributed by atoms with E-state index in [4.69, 9.17) is 24.5 Å². The van der Waals surface area contributed by atoms with Gasteiger partial charge in [-0.2, -0.15) is 5.10 Å². The minimum Gasteiger partial charge on any atom is -0.497 e. The lowest BCUT2D eigenvalue weighted by atomic mass is 10.1.